The van der Waals surface area contributed by atoms with Gasteiger partial charge in [0, 0.05) is 12.2 Å². The second-order valence-corrected chi connectivity index (χ2v) is 3.40. The third-order valence-corrected chi connectivity index (χ3v) is 2.09. The monoisotopic (exact) mass is 247 g/mol. The highest BCUT2D eigenvalue weighted by Crippen LogP contribution is 2.09. The van der Waals surface area contributed by atoms with E-state index in [1.807, 2.05) is 6.07 Å². The third kappa shape index (κ3) is 4.53. The van der Waals surface area contributed by atoms with Crippen molar-refractivity contribution >= 4 is 17.7 Å². The Morgan fingerprint density at radius 2 is 2.22 bits per heavy atom. The standard InChI is InChI=1S/C12H13N3O3/c1-18-11(16)5-6-14-12(17)15-10-4-2-3-9(7-10)8-13/h2-4,7H,5-6H2,1H3,(H2,14,15,17). The number of hydrogen-bond acceptors (Lipinski definition) is 4. The van der Waals surface area contributed by atoms with Crippen LogP contribution in [0.3, 0.4) is 0 Å². The molecule has 6 heteroatoms. The third-order valence-electron chi connectivity index (χ3n) is 2.09. The van der Waals surface area contributed by atoms with Crippen LogP contribution in [-0.4, -0.2) is 25.7 Å². The Labute approximate surface area is 105 Å². The Morgan fingerprint density at radius 3 is 2.89 bits per heavy atom. The summed E-state index contributed by atoms with van der Waals surface area (Å²) in [6, 6.07) is 8.07. The lowest BCUT2D eigenvalue weighted by atomic mass is 10.2. The predicted molar refractivity (Wildman–Crippen MR) is 64.8 cm³/mol. The number of carbonyl (C=O) groups excluding carboxylic acids is 2. The molecule has 1 aromatic carbocycles. The fourth-order valence-electron chi connectivity index (χ4n) is 1.22. The number of esters is 1. The average Bonchev–Trinajstić information content (AvgIpc) is 2.38. The molecule has 18 heavy (non-hydrogen) atoms. The van der Waals surface area contributed by atoms with Crippen molar-refractivity contribution in [2.45, 2.75) is 6.42 Å². The van der Waals surface area contributed by atoms with Crippen molar-refractivity contribution in [3.05, 3.63) is 29.8 Å². The quantitative estimate of drug-likeness (QED) is 0.783. The van der Waals surface area contributed by atoms with Gasteiger partial charge in [-0.25, -0.2) is 4.79 Å². The molecule has 1 rings (SSSR count). The van der Waals surface area contributed by atoms with E-state index < -0.39 is 6.03 Å². The SMILES string of the molecule is COC(=O)CCNC(=O)Nc1cccc(C#N)c1. The molecule has 0 aliphatic carbocycles. The Kier molecular flexibility index (Phi) is 5.19. The van der Waals surface area contributed by atoms with Crippen LogP contribution in [-0.2, 0) is 9.53 Å². The van der Waals surface area contributed by atoms with Crippen LogP contribution in [0.5, 0.6) is 0 Å². The number of rotatable bonds is 4. The van der Waals surface area contributed by atoms with Crippen molar-refractivity contribution in [3.8, 4) is 6.07 Å². The molecule has 0 radical (unpaired) electrons. The molecule has 1 aromatic rings. The second-order valence-electron chi connectivity index (χ2n) is 3.40. The summed E-state index contributed by atoms with van der Waals surface area (Å²) < 4.78 is 4.43. The number of methoxy groups -OCH3 is 1. The van der Waals surface area contributed by atoms with Crippen LogP contribution in [0.2, 0.25) is 0 Å². The molecule has 0 aromatic heterocycles. The molecule has 0 unspecified atom stereocenters. The minimum Gasteiger partial charge on any atom is -0.469 e. The number of ether oxygens (including phenoxy) is 1. The van der Waals surface area contributed by atoms with E-state index in [0.717, 1.165) is 0 Å². The number of benzene rings is 1. The molecule has 0 atom stereocenters. The molecule has 0 heterocycles. The largest absolute Gasteiger partial charge is 0.469 e. The molecule has 2 amide bonds. The number of carbonyl (C=O) groups is 2. The van der Waals surface area contributed by atoms with Gasteiger partial charge in [-0.3, -0.25) is 4.79 Å². The summed E-state index contributed by atoms with van der Waals surface area (Å²) in [6.45, 7) is 0.191. The average molecular weight is 247 g/mol. The van der Waals surface area contributed by atoms with Gasteiger partial charge >= 0.3 is 12.0 Å². The molecule has 94 valence electrons. The number of urea groups is 1. The van der Waals surface area contributed by atoms with Crippen LogP contribution >= 0.6 is 0 Å². The van der Waals surface area contributed by atoms with Gasteiger partial charge in [0.1, 0.15) is 0 Å². The highest BCUT2D eigenvalue weighted by Gasteiger charge is 2.04. The van der Waals surface area contributed by atoms with Gasteiger partial charge in [-0.15, -0.1) is 0 Å². The Hall–Kier alpha value is -2.55. The molecule has 0 aliphatic rings. The Balaban J connectivity index is 2.40. The lowest BCUT2D eigenvalue weighted by Gasteiger charge is -2.07. The summed E-state index contributed by atoms with van der Waals surface area (Å²) >= 11 is 0. The first-order chi connectivity index (χ1) is 8.65. The summed E-state index contributed by atoms with van der Waals surface area (Å²) in [4.78, 5) is 22.2. The lowest BCUT2D eigenvalue weighted by molar-refractivity contribution is -0.140. The van der Waals surface area contributed by atoms with Gasteiger partial charge in [0.15, 0.2) is 0 Å². The number of amides is 2. The van der Waals surface area contributed by atoms with Crippen LogP contribution in [0.4, 0.5) is 10.5 Å². The highest BCUT2D eigenvalue weighted by molar-refractivity contribution is 5.89. The van der Waals surface area contributed by atoms with Crippen LogP contribution in [0.1, 0.15) is 12.0 Å². The van der Waals surface area contributed by atoms with E-state index in [9.17, 15) is 9.59 Å². The smallest absolute Gasteiger partial charge is 0.319 e. The van der Waals surface area contributed by atoms with E-state index in [2.05, 4.69) is 15.4 Å². The molecule has 0 fully saturated rings. The fourth-order valence-corrected chi connectivity index (χ4v) is 1.22. The van der Waals surface area contributed by atoms with Crippen molar-refractivity contribution in [1.82, 2.24) is 5.32 Å². The molecule has 0 aliphatic heterocycles. The normalized spacial score (nSPS) is 9.11. The minimum atomic E-state index is -0.436. The second kappa shape index (κ2) is 6.91. The van der Waals surface area contributed by atoms with Crippen LogP contribution < -0.4 is 10.6 Å². The first-order valence-electron chi connectivity index (χ1n) is 5.27. The van der Waals surface area contributed by atoms with E-state index >= 15 is 0 Å². The molecule has 6 nitrogen and oxygen atoms in total. The van der Waals surface area contributed by atoms with Crippen molar-refractivity contribution in [2.24, 2.45) is 0 Å². The Morgan fingerprint density at radius 1 is 1.44 bits per heavy atom. The topological polar surface area (TPSA) is 91.2 Å². The molecule has 0 saturated heterocycles. The maximum Gasteiger partial charge on any atom is 0.319 e. The number of hydrogen-bond donors (Lipinski definition) is 2. The fraction of sp³-hybridized carbons (Fsp3) is 0.250. The highest BCUT2D eigenvalue weighted by atomic mass is 16.5. The first kappa shape index (κ1) is 13.5. The van der Waals surface area contributed by atoms with Crippen LogP contribution in [0.25, 0.3) is 0 Å². The van der Waals surface area contributed by atoms with Gasteiger partial charge in [0.2, 0.25) is 0 Å². The van der Waals surface area contributed by atoms with Crippen molar-refractivity contribution in [3.63, 3.8) is 0 Å². The van der Waals surface area contributed by atoms with E-state index in [1.54, 1.807) is 24.3 Å². The summed E-state index contributed by atoms with van der Waals surface area (Å²) in [5, 5.41) is 13.8. The molecule has 0 bridgehead atoms. The number of nitriles is 1. The van der Waals surface area contributed by atoms with Gasteiger partial charge in [0.05, 0.1) is 25.2 Å². The zero-order valence-electron chi connectivity index (χ0n) is 9.90. The van der Waals surface area contributed by atoms with Gasteiger partial charge < -0.3 is 15.4 Å². The van der Waals surface area contributed by atoms with Crippen molar-refractivity contribution in [1.29, 1.82) is 5.26 Å². The summed E-state index contributed by atoms with van der Waals surface area (Å²) in [6.07, 6.45) is 0.113. The maximum absolute atomic E-state index is 11.4. The summed E-state index contributed by atoms with van der Waals surface area (Å²) in [5.41, 5.74) is 0.979. The number of nitrogens with zero attached hydrogens (tertiary/aromatic N) is 1. The van der Waals surface area contributed by atoms with Crippen LogP contribution in [0.15, 0.2) is 24.3 Å². The molecule has 2 N–H and O–H groups in total. The van der Waals surface area contributed by atoms with Gasteiger partial charge in [-0.2, -0.15) is 5.26 Å². The number of nitrogens with one attached hydrogen (secondary N) is 2. The van der Waals surface area contributed by atoms with E-state index in [4.69, 9.17) is 5.26 Å². The van der Waals surface area contributed by atoms with Gasteiger partial charge in [-0.1, -0.05) is 6.07 Å². The molecular weight excluding hydrogens is 234 g/mol. The van der Waals surface area contributed by atoms with E-state index in [0.29, 0.717) is 11.3 Å². The zero-order chi connectivity index (χ0) is 13.4. The minimum absolute atomic E-state index is 0.113. The summed E-state index contributed by atoms with van der Waals surface area (Å²) in [5.74, 6) is -0.387. The van der Waals surface area contributed by atoms with E-state index in [1.165, 1.54) is 7.11 Å². The summed E-state index contributed by atoms with van der Waals surface area (Å²) in [7, 11) is 1.29. The Bertz CT molecular complexity index is 480. The zero-order valence-corrected chi connectivity index (χ0v) is 9.90. The lowest BCUT2D eigenvalue weighted by Crippen LogP contribution is -2.30. The van der Waals surface area contributed by atoms with Crippen LogP contribution in [0, 0.1) is 11.3 Å². The van der Waals surface area contributed by atoms with Gasteiger partial charge in [-0.05, 0) is 18.2 Å². The maximum atomic E-state index is 11.4. The molecule has 0 spiro atoms. The number of anilines is 1. The molecule has 0 saturated carbocycles. The first-order valence-corrected chi connectivity index (χ1v) is 5.27. The molecular formula is C12H13N3O3. The van der Waals surface area contributed by atoms with Crippen molar-refractivity contribution in [2.75, 3.05) is 19.0 Å². The van der Waals surface area contributed by atoms with E-state index in [-0.39, 0.29) is 18.9 Å². The predicted octanol–water partition coefficient (Wildman–Crippen LogP) is 1.24. The van der Waals surface area contributed by atoms with Crippen molar-refractivity contribution < 1.29 is 14.3 Å². The van der Waals surface area contributed by atoms with Gasteiger partial charge in [0.25, 0.3) is 0 Å².